The number of Topliss-reactive ketones (excluding diaryl/α,β-unsaturated/α-hetero) is 1. The lowest BCUT2D eigenvalue weighted by Gasteiger charge is -2.31. The number of carbonyl (C=O) groups is 1. The lowest BCUT2D eigenvalue weighted by atomic mass is 9.82. The van der Waals surface area contributed by atoms with Crippen molar-refractivity contribution >= 4 is 5.78 Å². The van der Waals surface area contributed by atoms with Crippen molar-refractivity contribution in [2.45, 2.75) is 51.4 Å². The van der Waals surface area contributed by atoms with Gasteiger partial charge in [0, 0.05) is 0 Å². The molecule has 2 aliphatic heterocycles. The summed E-state index contributed by atoms with van der Waals surface area (Å²) in [5, 5.41) is 0. The van der Waals surface area contributed by atoms with Gasteiger partial charge in [-0.15, -0.1) is 0 Å². The highest BCUT2D eigenvalue weighted by molar-refractivity contribution is 5.87. The van der Waals surface area contributed by atoms with Gasteiger partial charge in [-0.2, -0.15) is 0 Å². The van der Waals surface area contributed by atoms with Gasteiger partial charge in [0.05, 0.1) is 17.1 Å². The second-order valence-electron chi connectivity index (χ2n) is 6.99. The monoisotopic (exact) mass is 290 g/mol. The summed E-state index contributed by atoms with van der Waals surface area (Å²) >= 11 is 0. The Hall–Kier alpha value is -1.55. The van der Waals surface area contributed by atoms with Gasteiger partial charge in [-0.25, -0.2) is 0 Å². The fraction of sp³-hybridized carbons (Fsp3) is 0.588. The van der Waals surface area contributed by atoms with E-state index in [9.17, 15) is 4.79 Å². The second-order valence-corrected chi connectivity index (χ2v) is 6.99. The minimum absolute atomic E-state index is 0.0695. The van der Waals surface area contributed by atoms with E-state index >= 15 is 0 Å². The summed E-state index contributed by atoms with van der Waals surface area (Å²) in [4.78, 5) is 12.8. The molecule has 0 saturated carbocycles. The molecule has 3 rings (SSSR count). The Kier molecular flexibility index (Phi) is 3.24. The molecule has 21 heavy (non-hydrogen) atoms. The van der Waals surface area contributed by atoms with E-state index in [1.807, 2.05) is 52.0 Å². The molecule has 0 aromatic heterocycles. The Morgan fingerprint density at radius 3 is 2.43 bits per heavy atom. The van der Waals surface area contributed by atoms with Crippen LogP contribution in [0.25, 0.3) is 0 Å². The van der Waals surface area contributed by atoms with Gasteiger partial charge in [-0.1, -0.05) is 12.1 Å². The van der Waals surface area contributed by atoms with E-state index in [4.69, 9.17) is 14.2 Å². The molecule has 0 spiro atoms. The van der Waals surface area contributed by atoms with Crippen LogP contribution in [0.5, 0.6) is 11.5 Å². The third-order valence-electron chi connectivity index (χ3n) is 4.24. The first kappa shape index (κ1) is 14.4. The highest BCUT2D eigenvalue weighted by Crippen LogP contribution is 2.43. The number of hydrogen-bond donors (Lipinski definition) is 0. The van der Waals surface area contributed by atoms with E-state index in [-0.39, 0.29) is 23.9 Å². The van der Waals surface area contributed by atoms with Gasteiger partial charge in [0.2, 0.25) is 0 Å². The van der Waals surface area contributed by atoms with Crippen LogP contribution in [-0.4, -0.2) is 29.7 Å². The summed E-state index contributed by atoms with van der Waals surface area (Å²) in [5.41, 5.74) is -0.752. The first-order chi connectivity index (χ1) is 9.78. The molecule has 0 bridgehead atoms. The summed E-state index contributed by atoms with van der Waals surface area (Å²) in [6.07, 6.45) is 0.155. The fourth-order valence-electron chi connectivity index (χ4n) is 3.39. The third-order valence-corrected chi connectivity index (χ3v) is 4.24. The number of fused-ring (bicyclic) bond motifs is 1. The molecule has 1 saturated heterocycles. The summed E-state index contributed by atoms with van der Waals surface area (Å²) < 4.78 is 17.5. The minimum Gasteiger partial charge on any atom is -0.485 e. The molecule has 4 heteroatoms. The molecule has 2 aliphatic rings. The number of rotatable bonds is 2. The van der Waals surface area contributed by atoms with Crippen LogP contribution < -0.4 is 9.47 Å². The van der Waals surface area contributed by atoms with Crippen LogP contribution in [0.4, 0.5) is 0 Å². The van der Waals surface area contributed by atoms with Gasteiger partial charge >= 0.3 is 0 Å². The van der Waals surface area contributed by atoms with Crippen molar-refractivity contribution in [1.29, 1.82) is 0 Å². The SMILES string of the molecule is CC1(C)CC(C(=O)C2COc3ccccc3O2)C(C)(C)O1. The predicted octanol–water partition coefficient (Wildman–Crippen LogP) is 2.99. The smallest absolute Gasteiger partial charge is 0.191 e. The number of benzene rings is 1. The Morgan fingerprint density at radius 1 is 1.14 bits per heavy atom. The van der Waals surface area contributed by atoms with Gasteiger partial charge in [-0.05, 0) is 46.2 Å². The highest BCUT2D eigenvalue weighted by Gasteiger charge is 2.51. The lowest BCUT2D eigenvalue weighted by Crippen LogP contribution is -2.45. The molecule has 4 nitrogen and oxygen atoms in total. The molecule has 2 atom stereocenters. The molecule has 2 heterocycles. The third kappa shape index (κ3) is 2.64. The summed E-state index contributed by atoms with van der Waals surface area (Å²) in [5.74, 6) is 1.23. The van der Waals surface area contributed by atoms with Crippen molar-refractivity contribution in [3.63, 3.8) is 0 Å². The molecule has 1 fully saturated rings. The van der Waals surface area contributed by atoms with Gasteiger partial charge in [0.1, 0.15) is 6.61 Å². The number of carbonyl (C=O) groups excluding carboxylic acids is 1. The van der Waals surface area contributed by atoms with Crippen LogP contribution in [-0.2, 0) is 9.53 Å². The topological polar surface area (TPSA) is 44.8 Å². The van der Waals surface area contributed by atoms with Crippen molar-refractivity contribution in [3.05, 3.63) is 24.3 Å². The summed E-state index contributed by atoms with van der Waals surface area (Å²) in [6.45, 7) is 8.26. The standard InChI is InChI=1S/C17H22O4/c1-16(2)9-11(17(3,4)21-16)15(18)14-10-19-12-7-5-6-8-13(12)20-14/h5-8,11,14H,9-10H2,1-4H3. The molecule has 2 unspecified atom stereocenters. The molecule has 1 aromatic carbocycles. The molecule has 0 aliphatic carbocycles. The number of hydrogen-bond acceptors (Lipinski definition) is 4. The van der Waals surface area contributed by atoms with Crippen molar-refractivity contribution in [1.82, 2.24) is 0 Å². The number of ether oxygens (including phenoxy) is 3. The van der Waals surface area contributed by atoms with Gasteiger partial charge in [0.25, 0.3) is 0 Å². The van der Waals surface area contributed by atoms with E-state index in [2.05, 4.69) is 0 Å². The Labute approximate surface area is 125 Å². The van der Waals surface area contributed by atoms with E-state index in [0.29, 0.717) is 17.9 Å². The molecular weight excluding hydrogens is 268 g/mol. The van der Waals surface area contributed by atoms with Gasteiger partial charge < -0.3 is 14.2 Å². The van der Waals surface area contributed by atoms with Crippen LogP contribution in [0.15, 0.2) is 24.3 Å². The van der Waals surface area contributed by atoms with Crippen molar-refractivity contribution in [3.8, 4) is 11.5 Å². The Bertz CT molecular complexity index is 562. The van der Waals surface area contributed by atoms with Crippen LogP contribution >= 0.6 is 0 Å². The predicted molar refractivity (Wildman–Crippen MR) is 78.7 cm³/mol. The maximum absolute atomic E-state index is 12.8. The Balaban J connectivity index is 1.78. The zero-order valence-electron chi connectivity index (χ0n) is 13.0. The van der Waals surface area contributed by atoms with E-state index in [0.717, 1.165) is 0 Å². The van der Waals surface area contributed by atoms with Crippen LogP contribution in [0.2, 0.25) is 0 Å². The quantitative estimate of drug-likeness (QED) is 0.840. The molecular formula is C17H22O4. The number of ketones is 1. The zero-order valence-corrected chi connectivity index (χ0v) is 13.0. The summed E-state index contributed by atoms with van der Waals surface area (Å²) in [6, 6.07) is 7.44. The minimum atomic E-state index is -0.554. The van der Waals surface area contributed by atoms with E-state index in [1.54, 1.807) is 0 Å². The fourth-order valence-corrected chi connectivity index (χ4v) is 3.39. The molecule has 0 radical (unpaired) electrons. The van der Waals surface area contributed by atoms with Crippen LogP contribution in [0.3, 0.4) is 0 Å². The number of para-hydroxylation sites is 2. The highest BCUT2D eigenvalue weighted by atomic mass is 16.6. The van der Waals surface area contributed by atoms with Crippen molar-refractivity contribution < 1.29 is 19.0 Å². The van der Waals surface area contributed by atoms with E-state index < -0.39 is 11.7 Å². The van der Waals surface area contributed by atoms with Gasteiger partial charge in [-0.3, -0.25) is 4.79 Å². The Morgan fingerprint density at radius 2 is 1.81 bits per heavy atom. The molecule has 114 valence electrons. The molecule has 0 amide bonds. The zero-order chi connectivity index (χ0) is 15.3. The van der Waals surface area contributed by atoms with Crippen LogP contribution in [0.1, 0.15) is 34.1 Å². The van der Waals surface area contributed by atoms with Crippen molar-refractivity contribution in [2.75, 3.05) is 6.61 Å². The average molecular weight is 290 g/mol. The second kappa shape index (κ2) is 4.73. The summed E-state index contributed by atoms with van der Waals surface area (Å²) in [7, 11) is 0. The van der Waals surface area contributed by atoms with Crippen molar-refractivity contribution in [2.24, 2.45) is 5.92 Å². The molecule has 1 aromatic rings. The largest absolute Gasteiger partial charge is 0.485 e. The molecule has 0 N–H and O–H groups in total. The maximum atomic E-state index is 12.8. The van der Waals surface area contributed by atoms with Gasteiger partial charge in [0.15, 0.2) is 23.4 Å². The van der Waals surface area contributed by atoms with E-state index in [1.165, 1.54) is 0 Å². The lowest BCUT2D eigenvalue weighted by molar-refractivity contribution is -0.138. The first-order valence-electron chi connectivity index (χ1n) is 7.41. The average Bonchev–Trinajstić information content (AvgIpc) is 2.65. The first-order valence-corrected chi connectivity index (χ1v) is 7.41. The normalized spacial score (nSPS) is 29.1. The maximum Gasteiger partial charge on any atom is 0.191 e. The van der Waals surface area contributed by atoms with Crippen LogP contribution in [0, 0.1) is 5.92 Å².